The van der Waals surface area contributed by atoms with Crippen LogP contribution in [0.2, 0.25) is 0 Å². The van der Waals surface area contributed by atoms with Crippen LogP contribution in [0.1, 0.15) is 38.1 Å². The van der Waals surface area contributed by atoms with Crippen LogP contribution in [-0.2, 0) is 21.7 Å². The van der Waals surface area contributed by atoms with E-state index in [2.05, 4.69) is 33.8 Å². The van der Waals surface area contributed by atoms with Crippen molar-refractivity contribution in [3.05, 3.63) is 73.5 Å². The summed E-state index contributed by atoms with van der Waals surface area (Å²) in [5.74, 6) is 0.181. The molecule has 0 bridgehead atoms. The average molecular weight is 423 g/mol. The van der Waals surface area contributed by atoms with Crippen molar-refractivity contribution in [3.8, 4) is 0 Å². The fourth-order valence-electron chi connectivity index (χ4n) is 1.76. The van der Waals surface area contributed by atoms with E-state index in [1.54, 1.807) is 24.3 Å². The molecule has 1 unspecified atom stereocenters. The molecule has 0 saturated heterocycles. The zero-order chi connectivity index (χ0) is 13.7. The number of carbonyl (C=O) groups excluding carboxylic acids is 1. The van der Waals surface area contributed by atoms with E-state index < -0.39 is 0 Å². The largest absolute Gasteiger partial charge is 2.00 e. The number of allylic oxidation sites excluding steroid dienone is 4. The number of benzene rings is 1. The summed E-state index contributed by atoms with van der Waals surface area (Å²) in [5.41, 5.74) is 9.77. The van der Waals surface area contributed by atoms with Gasteiger partial charge in [0.2, 0.25) is 5.91 Å². The molecule has 0 spiro atoms. The Bertz CT molecular complexity index is 505. The molecule has 0 heterocycles. The number of carbonyl (C=O) groups is 1. The molecular weight excluding hydrogens is 393 g/mol. The third-order valence-corrected chi connectivity index (χ3v) is 3.29. The summed E-state index contributed by atoms with van der Waals surface area (Å²) in [6.07, 6.45) is 3.36. The first-order chi connectivity index (χ1) is 8.43. The van der Waals surface area contributed by atoms with Crippen molar-refractivity contribution in [1.29, 1.82) is 0 Å². The molecule has 0 saturated carbocycles. The maximum atomic E-state index is 10.4. The molecule has 0 aromatic heterocycles. The maximum Gasteiger partial charge on any atom is 2.00 e. The Balaban J connectivity index is -0.0000000540. The zero-order valence-electron chi connectivity index (χ0n) is 14.7. The minimum Gasteiger partial charge on any atom is -1.00 e. The first kappa shape index (κ1) is 39.0. The molecule has 2 nitrogen and oxygen atoms in total. The van der Waals surface area contributed by atoms with Gasteiger partial charge >= 0.3 is 21.7 Å². The average Bonchev–Trinajstić information content (AvgIpc) is 2.58. The molecule has 0 fully saturated rings. The van der Waals surface area contributed by atoms with E-state index in [0.717, 1.165) is 0 Å². The smallest absolute Gasteiger partial charge is 1.00 e. The number of amides is 1. The SMILES string of the molecule is CC1=[C-]C(C)C(C)=C1C.NC(=O)c1ccccc1.[CH3-].[CH3-].[Cl-].[Cl-].[SiH4].[Ti+2]. The molecule has 1 aromatic carbocycles. The van der Waals surface area contributed by atoms with Gasteiger partial charge in [-0.25, -0.2) is 5.57 Å². The van der Waals surface area contributed by atoms with Crippen molar-refractivity contribution < 1.29 is 51.3 Å². The monoisotopic (exact) mass is 422 g/mol. The van der Waals surface area contributed by atoms with Crippen LogP contribution in [0.25, 0.3) is 0 Å². The Morgan fingerprint density at radius 3 is 1.62 bits per heavy atom. The molecular formula is C18H30Cl2NOSiTi-3. The topological polar surface area (TPSA) is 43.1 Å². The van der Waals surface area contributed by atoms with Crippen LogP contribution in [0.5, 0.6) is 0 Å². The molecule has 2 N–H and O–H groups in total. The number of hydrogen-bond acceptors (Lipinski definition) is 1. The second-order valence-corrected chi connectivity index (χ2v) is 4.53. The number of nitrogens with two attached hydrogens (primary N) is 1. The summed E-state index contributed by atoms with van der Waals surface area (Å²) in [6.45, 7) is 8.67. The van der Waals surface area contributed by atoms with Crippen LogP contribution in [-0.4, -0.2) is 16.9 Å². The number of hydrogen-bond donors (Lipinski definition) is 1. The third-order valence-electron chi connectivity index (χ3n) is 3.29. The van der Waals surface area contributed by atoms with Gasteiger partial charge in [-0.1, -0.05) is 44.9 Å². The van der Waals surface area contributed by atoms with Crippen molar-refractivity contribution in [3.63, 3.8) is 0 Å². The first-order valence-electron chi connectivity index (χ1n) is 6.06. The maximum absolute atomic E-state index is 10.4. The summed E-state index contributed by atoms with van der Waals surface area (Å²) >= 11 is 0. The van der Waals surface area contributed by atoms with Crippen molar-refractivity contribution in [2.45, 2.75) is 27.7 Å². The molecule has 1 aromatic rings. The normalized spacial score (nSPS) is 13.5. The van der Waals surface area contributed by atoms with Gasteiger partial charge in [0.25, 0.3) is 0 Å². The zero-order valence-corrected chi connectivity index (χ0v) is 17.8. The van der Waals surface area contributed by atoms with Crippen LogP contribution in [0.15, 0.2) is 47.1 Å². The van der Waals surface area contributed by atoms with E-state index in [9.17, 15) is 4.79 Å². The standard InChI is InChI=1S/C9H13.C7H7NO.2CH3.2ClH.H4Si.Ti/c1-6-5-7(2)9(4)8(6)3;8-7(9)6-4-2-1-3-5-6;;;;;;/h6H,1-4H3;1-5H,(H2,8,9);2*1H3;2*1H;1H4;/q-1;;2*-1;;;;+2/p-2. The van der Waals surface area contributed by atoms with Crippen molar-refractivity contribution in [1.82, 2.24) is 0 Å². The predicted octanol–water partition coefficient (Wildman–Crippen LogP) is -3.04. The molecule has 1 aliphatic rings. The van der Waals surface area contributed by atoms with Gasteiger partial charge in [0.05, 0.1) is 0 Å². The molecule has 138 valence electrons. The minimum atomic E-state index is -0.379. The van der Waals surface area contributed by atoms with Gasteiger partial charge in [0.1, 0.15) is 0 Å². The van der Waals surface area contributed by atoms with Crippen LogP contribution in [0.4, 0.5) is 0 Å². The van der Waals surface area contributed by atoms with E-state index in [1.165, 1.54) is 16.7 Å². The first-order valence-corrected chi connectivity index (χ1v) is 6.06. The molecule has 1 atom stereocenters. The van der Waals surface area contributed by atoms with E-state index in [-0.39, 0.29) is 78.3 Å². The Morgan fingerprint density at radius 2 is 1.46 bits per heavy atom. The Hall–Kier alpha value is -0.319. The van der Waals surface area contributed by atoms with Gasteiger partial charge in [-0.05, 0) is 23.1 Å². The summed E-state index contributed by atoms with van der Waals surface area (Å²) in [7, 11) is 0. The van der Waals surface area contributed by atoms with E-state index in [4.69, 9.17) is 5.73 Å². The molecule has 0 aliphatic heterocycles. The predicted molar refractivity (Wildman–Crippen MR) is 99.1 cm³/mol. The fourth-order valence-corrected chi connectivity index (χ4v) is 1.76. The van der Waals surface area contributed by atoms with Crippen molar-refractivity contribution in [2.24, 2.45) is 11.7 Å². The van der Waals surface area contributed by atoms with E-state index >= 15 is 0 Å². The molecule has 2 rings (SSSR count). The molecule has 0 radical (unpaired) electrons. The number of primary amides is 1. The Labute approximate surface area is 180 Å². The van der Waals surface area contributed by atoms with Gasteiger partial charge in [0, 0.05) is 5.56 Å². The van der Waals surface area contributed by atoms with Crippen LogP contribution >= 0.6 is 0 Å². The second kappa shape index (κ2) is 19.0. The number of halogens is 2. The molecule has 6 heteroatoms. The van der Waals surface area contributed by atoms with Crippen LogP contribution < -0.4 is 30.5 Å². The molecule has 1 aliphatic carbocycles. The van der Waals surface area contributed by atoms with Crippen molar-refractivity contribution in [2.75, 3.05) is 0 Å². The fraction of sp³-hybridized carbons (Fsp3) is 0.278. The van der Waals surface area contributed by atoms with Crippen molar-refractivity contribution >= 4 is 16.9 Å². The third kappa shape index (κ3) is 12.1. The summed E-state index contributed by atoms with van der Waals surface area (Å²) in [5, 5.41) is 0. The van der Waals surface area contributed by atoms with Crippen LogP contribution in [0, 0.1) is 26.8 Å². The van der Waals surface area contributed by atoms with Gasteiger partial charge in [0.15, 0.2) is 0 Å². The van der Waals surface area contributed by atoms with Gasteiger partial charge in [-0.2, -0.15) is 11.1 Å². The van der Waals surface area contributed by atoms with Gasteiger partial charge in [-0.15, -0.1) is 6.92 Å². The second-order valence-electron chi connectivity index (χ2n) is 4.53. The molecule has 24 heavy (non-hydrogen) atoms. The van der Waals surface area contributed by atoms with E-state index in [1.807, 2.05) is 6.07 Å². The summed E-state index contributed by atoms with van der Waals surface area (Å²) in [6, 6.07) is 8.76. The van der Waals surface area contributed by atoms with Gasteiger partial charge in [-0.3, -0.25) is 10.9 Å². The Kier molecular flexibility index (Phi) is 30.9. The van der Waals surface area contributed by atoms with E-state index in [0.29, 0.717) is 11.5 Å². The van der Waals surface area contributed by atoms with Gasteiger partial charge < -0.3 is 45.4 Å². The van der Waals surface area contributed by atoms with Crippen LogP contribution in [0.3, 0.4) is 0 Å². The number of rotatable bonds is 1. The summed E-state index contributed by atoms with van der Waals surface area (Å²) in [4.78, 5) is 10.4. The minimum absolute atomic E-state index is 0. The molecule has 1 amide bonds. The summed E-state index contributed by atoms with van der Waals surface area (Å²) < 4.78 is 0. The quantitative estimate of drug-likeness (QED) is 0.379. The Morgan fingerprint density at radius 1 is 1.04 bits per heavy atom.